The summed E-state index contributed by atoms with van der Waals surface area (Å²) in [5.41, 5.74) is 7.88. The molecule has 0 amide bonds. The van der Waals surface area contributed by atoms with Gasteiger partial charge in [0, 0.05) is 30.6 Å². The molecule has 19 heavy (non-hydrogen) atoms. The summed E-state index contributed by atoms with van der Waals surface area (Å²) in [5, 5.41) is 1.16. The lowest BCUT2D eigenvalue weighted by atomic mass is 10.1. The average Bonchev–Trinajstić information content (AvgIpc) is 2.77. The number of rotatable bonds is 7. The summed E-state index contributed by atoms with van der Waals surface area (Å²) in [7, 11) is 2.08. The van der Waals surface area contributed by atoms with E-state index in [4.69, 9.17) is 14.9 Å². The highest BCUT2D eigenvalue weighted by Gasteiger charge is 2.14. The van der Waals surface area contributed by atoms with Crippen molar-refractivity contribution in [3.05, 3.63) is 35.6 Å². The maximum Gasteiger partial charge on any atom is 0.134 e. The van der Waals surface area contributed by atoms with Crippen LogP contribution in [-0.2, 0) is 17.8 Å². The maximum absolute atomic E-state index is 5.79. The zero-order valence-electron chi connectivity index (χ0n) is 11.7. The summed E-state index contributed by atoms with van der Waals surface area (Å²) < 4.78 is 11.2. The minimum atomic E-state index is 0.434. The van der Waals surface area contributed by atoms with Crippen molar-refractivity contribution in [2.45, 2.75) is 20.0 Å². The quantitative estimate of drug-likeness (QED) is 0.778. The summed E-state index contributed by atoms with van der Waals surface area (Å²) in [5.74, 6) is 0.879. The molecule has 0 radical (unpaired) electrons. The van der Waals surface area contributed by atoms with Gasteiger partial charge in [0.15, 0.2) is 0 Å². The molecule has 0 fully saturated rings. The maximum atomic E-state index is 5.79. The fraction of sp³-hybridized carbons (Fsp3) is 0.467. The second-order valence-corrected chi connectivity index (χ2v) is 4.64. The molecule has 104 valence electrons. The first-order valence-electron chi connectivity index (χ1n) is 6.72. The van der Waals surface area contributed by atoms with Crippen LogP contribution in [0.5, 0.6) is 0 Å². The molecular formula is C15H22N2O2. The standard InChI is InChI=1S/C15H22N2O2/c1-3-18-9-8-17(2)11-13-12-6-4-5-7-14(12)19-15(13)10-16/h4-7H,3,8-11,16H2,1-2H3. The van der Waals surface area contributed by atoms with Gasteiger partial charge in [0.05, 0.1) is 13.2 Å². The van der Waals surface area contributed by atoms with Crippen molar-refractivity contribution in [2.24, 2.45) is 5.73 Å². The molecule has 1 heterocycles. The van der Waals surface area contributed by atoms with Crippen LogP contribution >= 0.6 is 0 Å². The van der Waals surface area contributed by atoms with Gasteiger partial charge in [0.2, 0.25) is 0 Å². The third-order valence-corrected chi connectivity index (χ3v) is 3.22. The van der Waals surface area contributed by atoms with Crippen molar-refractivity contribution in [1.82, 2.24) is 4.90 Å². The van der Waals surface area contributed by atoms with Crippen LogP contribution in [0.4, 0.5) is 0 Å². The first-order chi connectivity index (χ1) is 9.26. The van der Waals surface area contributed by atoms with Gasteiger partial charge >= 0.3 is 0 Å². The Morgan fingerprint density at radius 3 is 2.84 bits per heavy atom. The number of furan rings is 1. The second kappa shape index (κ2) is 6.70. The first kappa shape index (κ1) is 14.1. The predicted octanol–water partition coefficient (Wildman–Crippen LogP) is 2.36. The molecule has 0 aliphatic carbocycles. The van der Waals surface area contributed by atoms with E-state index in [0.717, 1.165) is 43.0 Å². The van der Waals surface area contributed by atoms with Crippen molar-refractivity contribution in [3.63, 3.8) is 0 Å². The van der Waals surface area contributed by atoms with E-state index in [0.29, 0.717) is 6.54 Å². The average molecular weight is 262 g/mol. The summed E-state index contributed by atoms with van der Waals surface area (Å²) in [6.07, 6.45) is 0. The number of nitrogens with zero attached hydrogens (tertiary/aromatic N) is 1. The largest absolute Gasteiger partial charge is 0.459 e. The minimum absolute atomic E-state index is 0.434. The van der Waals surface area contributed by atoms with Crippen molar-refractivity contribution in [2.75, 3.05) is 26.8 Å². The van der Waals surface area contributed by atoms with Crippen LogP contribution in [0.2, 0.25) is 0 Å². The van der Waals surface area contributed by atoms with Gasteiger partial charge in [-0.25, -0.2) is 0 Å². The molecule has 0 atom stereocenters. The Balaban J connectivity index is 2.14. The van der Waals surface area contributed by atoms with Gasteiger partial charge in [-0.15, -0.1) is 0 Å². The number of fused-ring (bicyclic) bond motifs is 1. The minimum Gasteiger partial charge on any atom is -0.459 e. The lowest BCUT2D eigenvalue weighted by molar-refractivity contribution is 0.120. The fourth-order valence-corrected chi connectivity index (χ4v) is 2.20. The number of para-hydroxylation sites is 1. The SMILES string of the molecule is CCOCCN(C)Cc1c(CN)oc2ccccc12. The molecule has 2 N–H and O–H groups in total. The van der Waals surface area contributed by atoms with E-state index in [2.05, 4.69) is 18.0 Å². The molecule has 2 aromatic rings. The lowest BCUT2D eigenvalue weighted by Crippen LogP contribution is -2.23. The van der Waals surface area contributed by atoms with Gasteiger partial charge in [-0.1, -0.05) is 18.2 Å². The van der Waals surface area contributed by atoms with Gasteiger partial charge in [-0.3, -0.25) is 4.90 Å². The molecule has 0 bridgehead atoms. The molecule has 4 nitrogen and oxygen atoms in total. The third-order valence-electron chi connectivity index (χ3n) is 3.22. The topological polar surface area (TPSA) is 51.6 Å². The Hall–Kier alpha value is -1.36. The van der Waals surface area contributed by atoms with Crippen molar-refractivity contribution in [3.8, 4) is 0 Å². The van der Waals surface area contributed by atoms with E-state index >= 15 is 0 Å². The number of benzene rings is 1. The molecule has 1 aromatic heterocycles. The van der Waals surface area contributed by atoms with E-state index in [1.54, 1.807) is 0 Å². The van der Waals surface area contributed by atoms with Gasteiger partial charge in [0.25, 0.3) is 0 Å². The number of hydrogen-bond donors (Lipinski definition) is 1. The Morgan fingerprint density at radius 1 is 1.32 bits per heavy atom. The van der Waals surface area contributed by atoms with Crippen molar-refractivity contribution < 1.29 is 9.15 Å². The number of ether oxygens (including phenoxy) is 1. The van der Waals surface area contributed by atoms with Gasteiger partial charge in [-0.2, -0.15) is 0 Å². The normalized spacial score (nSPS) is 11.6. The number of likely N-dealkylation sites (N-methyl/N-ethyl adjacent to an activating group) is 1. The first-order valence-corrected chi connectivity index (χ1v) is 6.72. The van der Waals surface area contributed by atoms with E-state index in [1.165, 1.54) is 5.56 Å². The van der Waals surface area contributed by atoms with Gasteiger partial charge in [0.1, 0.15) is 11.3 Å². The molecular weight excluding hydrogens is 240 g/mol. The lowest BCUT2D eigenvalue weighted by Gasteiger charge is -2.16. The van der Waals surface area contributed by atoms with Gasteiger partial charge < -0.3 is 14.9 Å². The molecule has 0 aliphatic heterocycles. The summed E-state index contributed by atoms with van der Waals surface area (Å²) in [6.45, 7) is 5.69. The zero-order chi connectivity index (χ0) is 13.7. The van der Waals surface area contributed by atoms with Crippen molar-refractivity contribution in [1.29, 1.82) is 0 Å². The van der Waals surface area contributed by atoms with E-state index < -0.39 is 0 Å². The van der Waals surface area contributed by atoms with Crippen LogP contribution in [-0.4, -0.2) is 31.7 Å². The fourth-order valence-electron chi connectivity index (χ4n) is 2.20. The molecule has 0 unspecified atom stereocenters. The molecule has 2 rings (SSSR count). The molecule has 1 aromatic carbocycles. The van der Waals surface area contributed by atoms with Crippen LogP contribution in [0.15, 0.2) is 28.7 Å². The molecule has 0 saturated heterocycles. The number of nitrogens with two attached hydrogens (primary N) is 1. The monoisotopic (exact) mass is 262 g/mol. The summed E-state index contributed by atoms with van der Waals surface area (Å²) >= 11 is 0. The summed E-state index contributed by atoms with van der Waals surface area (Å²) in [4.78, 5) is 2.23. The van der Waals surface area contributed by atoms with Crippen LogP contribution in [0.1, 0.15) is 18.2 Å². The number of hydrogen-bond acceptors (Lipinski definition) is 4. The molecule has 0 spiro atoms. The Bertz CT molecular complexity index is 522. The van der Waals surface area contributed by atoms with Gasteiger partial charge in [-0.05, 0) is 20.0 Å². The van der Waals surface area contributed by atoms with E-state index in [1.807, 2.05) is 25.1 Å². The predicted molar refractivity (Wildman–Crippen MR) is 76.9 cm³/mol. The zero-order valence-corrected chi connectivity index (χ0v) is 11.7. The molecule has 0 aliphatic rings. The smallest absolute Gasteiger partial charge is 0.134 e. The molecule has 0 saturated carbocycles. The summed E-state index contributed by atoms with van der Waals surface area (Å²) in [6, 6.07) is 8.08. The van der Waals surface area contributed by atoms with Crippen LogP contribution in [0, 0.1) is 0 Å². The highest BCUT2D eigenvalue weighted by molar-refractivity contribution is 5.82. The Kier molecular flexibility index (Phi) is 4.96. The Morgan fingerprint density at radius 2 is 2.11 bits per heavy atom. The highest BCUT2D eigenvalue weighted by Crippen LogP contribution is 2.26. The second-order valence-electron chi connectivity index (χ2n) is 4.64. The highest BCUT2D eigenvalue weighted by atomic mass is 16.5. The van der Waals surface area contributed by atoms with E-state index in [9.17, 15) is 0 Å². The van der Waals surface area contributed by atoms with Crippen LogP contribution in [0.3, 0.4) is 0 Å². The van der Waals surface area contributed by atoms with E-state index in [-0.39, 0.29) is 0 Å². The van der Waals surface area contributed by atoms with Crippen LogP contribution < -0.4 is 5.73 Å². The van der Waals surface area contributed by atoms with Crippen LogP contribution in [0.25, 0.3) is 11.0 Å². The third kappa shape index (κ3) is 3.35. The Labute approximate surface area is 114 Å². The van der Waals surface area contributed by atoms with Crippen molar-refractivity contribution >= 4 is 11.0 Å². The molecule has 4 heteroatoms.